The first-order valence-corrected chi connectivity index (χ1v) is 5.21. The van der Waals surface area contributed by atoms with Crippen LogP contribution in [-0.4, -0.2) is 25.0 Å². The van der Waals surface area contributed by atoms with Gasteiger partial charge in [0.25, 0.3) is 0 Å². The molecule has 0 aliphatic rings. The summed E-state index contributed by atoms with van der Waals surface area (Å²) in [5, 5.41) is 5.70. The van der Waals surface area contributed by atoms with Crippen LogP contribution in [0, 0.1) is 12.3 Å². The second kappa shape index (κ2) is 6.70. The molecule has 1 heterocycles. The van der Waals surface area contributed by atoms with Crippen LogP contribution < -0.4 is 10.6 Å². The Morgan fingerprint density at radius 2 is 2.50 bits per heavy atom. The molecule has 0 spiro atoms. The Morgan fingerprint density at radius 1 is 1.69 bits per heavy atom. The predicted molar refractivity (Wildman–Crippen MR) is 61.7 cm³/mol. The van der Waals surface area contributed by atoms with Crippen molar-refractivity contribution in [2.24, 2.45) is 0 Å². The van der Waals surface area contributed by atoms with E-state index in [1.165, 1.54) is 0 Å². The summed E-state index contributed by atoms with van der Waals surface area (Å²) in [7, 11) is 0. The molecule has 16 heavy (non-hydrogen) atoms. The molecule has 86 valence electrons. The van der Waals surface area contributed by atoms with Crippen LogP contribution in [-0.2, 0) is 11.2 Å². The maximum absolute atomic E-state index is 11.4. The highest BCUT2D eigenvalue weighted by molar-refractivity contribution is 5.81. The highest BCUT2D eigenvalue weighted by Gasteiger charge is 2.10. The van der Waals surface area contributed by atoms with Crippen LogP contribution in [0.15, 0.2) is 22.8 Å². The van der Waals surface area contributed by atoms with E-state index in [1.807, 2.05) is 12.1 Å². The third-order valence-electron chi connectivity index (χ3n) is 2.16. The second-order valence-corrected chi connectivity index (χ2v) is 3.43. The van der Waals surface area contributed by atoms with Crippen molar-refractivity contribution < 1.29 is 9.21 Å². The lowest BCUT2D eigenvalue weighted by Gasteiger charge is -2.12. The number of amides is 1. The summed E-state index contributed by atoms with van der Waals surface area (Å²) in [5.41, 5.74) is 0. The van der Waals surface area contributed by atoms with Gasteiger partial charge >= 0.3 is 0 Å². The molecule has 4 heteroatoms. The fourth-order valence-corrected chi connectivity index (χ4v) is 1.25. The summed E-state index contributed by atoms with van der Waals surface area (Å²) < 4.78 is 5.17. The van der Waals surface area contributed by atoms with Gasteiger partial charge in [0.2, 0.25) is 5.91 Å². The van der Waals surface area contributed by atoms with E-state index in [-0.39, 0.29) is 18.5 Å². The van der Waals surface area contributed by atoms with Gasteiger partial charge < -0.3 is 15.1 Å². The molecule has 1 amide bonds. The summed E-state index contributed by atoms with van der Waals surface area (Å²) in [6, 6.07) is 3.51. The van der Waals surface area contributed by atoms with E-state index < -0.39 is 0 Å². The van der Waals surface area contributed by atoms with E-state index in [2.05, 4.69) is 16.6 Å². The maximum Gasteiger partial charge on any atom is 0.237 e. The van der Waals surface area contributed by atoms with Crippen LogP contribution >= 0.6 is 0 Å². The smallest absolute Gasteiger partial charge is 0.237 e. The molecule has 2 N–H and O–H groups in total. The number of furan rings is 1. The van der Waals surface area contributed by atoms with Crippen molar-refractivity contribution in [1.82, 2.24) is 10.6 Å². The van der Waals surface area contributed by atoms with Crippen LogP contribution in [0.1, 0.15) is 12.7 Å². The van der Waals surface area contributed by atoms with Crippen molar-refractivity contribution >= 4 is 5.91 Å². The van der Waals surface area contributed by atoms with E-state index in [4.69, 9.17) is 10.8 Å². The first kappa shape index (κ1) is 12.3. The molecule has 1 aromatic heterocycles. The molecule has 0 saturated heterocycles. The average Bonchev–Trinajstić information content (AvgIpc) is 2.78. The highest BCUT2D eigenvalue weighted by atomic mass is 16.3. The first-order chi connectivity index (χ1) is 7.74. The zero-order chi connectivity index (χ0) is 11.8. The number of nitrogens with one attached hydrogen (secondary N) is 2. The quantitative estimate of drug-likeness (QED) is 0.688. The van der Waals surface area contributed by atoms with Gasteiger partial charge in [-0.2, -0.15) is 0 Å². The molecular formula is C12H16N2O2. The van der Waals surface area contributed by atoms with Crippen LogP contribution in [0.25, 0.3) is 0 Å². The monoisotopic (exact) mass is 220 g/mol. The summed E-state index contributed by atoms with van der Waals surface area (Å²) in [6.45, 7) is 2.76. The standard InChI is InChI=1S/C12H16N2O2/c1-3-7-14-12(15)10(2)13-8-6-11-5-4-9-16-11/h1,4-5,9-10,13H,6-8H2,2H3,(H,14,15). The molecule has 1 rings (SSSR count). The zero-order valence-electron chi connectivity index (χ0n) is 9.32. The molecule has 1 atom stereocenters. The van der Waals surface area contributed by atoms with Gasteiger partial charge in [0, 0.05) is 13.0 Å². The summed E-state index contributed by atoms with van der Waals surface area (Å²) in [5.74, 6) is 3.18. The second-order valence-electron chi connectivity index (χ2n) is 3.43. The lowest BCUT2D eigenvalue weighted by atomic mass is 10.2. The molecular weight excluding hydrogens is 204 g/mol. The summed E-state index contributed by atoms with van der Waals surface area (Å²) in [6.07, 6.45) is 7.44. The Morgan fingerprint density at radius 3 is 3.12 bits per heavy atom. The number of hydrogen-bond donors (Lipinski definition) is 2. The minimum absolute atomic E-state index is 0.0857. The van der Waals surface area contributed by atoms with Crippen LogP contribution in [0.2, 0.25) is 0 Å². The van der Waals surface area contributed by atoms with Crippen molar-refractivity contribution in [3.05, 3.63) is 24.2 Å². The molecule has 0 fully saturated rings. The van der Waals surface area contributed by atoms with Crippen molar-refractivity contribution in [2.45, 2.75) is 19.4 Å². The fourth-order valence-electron chi connectivity index (χ4n) is 1.25. The number of carbonyl (C=O) groups is 1. The van der Waals surface area contributed by atoms with Crippen LogP contribution in [0.3, 0.4) is 0 Å². The lowest BCUT2D eigenvalue weighted by molar-refractivity contribution is -0.122. The normalized spacial score (nSPS) is 11.8. The Balaban J connectivity index is 2.17. The number of hydrogen-bond acceptors (Lipinski definition) is 3. The first-order valence-electron chi connectivity index (χ1n) is 5.21. The Bertz CT molecular complexity index is 352. The molecule has 0 radical (unpaired) electrons. The number of terminal acetylenes is 1. The van der Waals surface area contributed by atoms with Gasteiger partial charge in [-0.05, 0) is 19.1 Å². The van der Waals surface area contributed by atoms with E-state index in [1.54, 1.807) is 13.2 Å². The third-order valence-corrected chi connectivity index (χ3v) is 2.16. The molecule has 0 aliphatic heterocycles. The van der Waals surface area contributed by atoms with Gasteiger partial charge in [0.15, 0.2) is 0 Å². The predicted octanol–water partition coefficient (Wildman–Crippen LogP) is 0.550. The van der Waals surface area contributed by atoms with E-state index in [9.17, 15) is 4.79 Å². The van der Waals surface area contributed by atoms with Gasteiger partial charge in [-0.3, -0.25) is 4.79 Å². The fraction of sp³-hybridized carbons (Fsp3) is 0.417. The van der Waals surface area contributed by atoms with E-state index >= 15 is 0 Å². The minimum atomic E-state index is -0.247. The number of rotatable bonds is 6. The van der Waals surface area contributed by atoms with Gasteiger partial charge in [0.1, 0.15) is 5.76 Å². The largest absolute Gasteiger partial charge is 0.469 e. The third kappa shape index (κ3) is 4.20. The molecule has 0 aromatic carbocycles. The SMILES string of the molecule is C#CCNC(=O)C(C)NCCc1ccco1. The molecule has 1 aromatic rings. The maximum atomic E-state index is 11.4. The molecule has 0 aliphatic carbocycles. The van der Waals surface area contributed by atoms with Crippen molar-refractivity contribution in [3.63, 3.8) is 0 Å². The van der Waals surface area contributed by atoms with Crippen molar-refractivity contribution in [1.29, 1.82) is 0 Å². The molecule has 0 bridgehead atoms. The van der Waals surface area contributed by atoms with Gasteiger partial charge in [-0.25, -0.2) is 0 Å². The van der Waals surface area contributed by atoms with Crippen LogP contribution in [0.4, 0.5) is 0 Å². The Kier molecular flexibility index (Phi) is 5.17. The average molecular weight is 220 g/mol. The molecule has 0 saturated carbocycles. The van der Waals surface area contributed by atoms with Crippen molar-refractivity contribution in [3.8, 4) is 12.3 Å². The van der Waals surface area contributed by atoms with Gasteiger partial charge in [-0.1, -0.05) is 5.92 Å². The summed E-state index contributed by atoms with van der Waals surface area (Å²) in [4.78, 5) is 11.4. The topological polar surface area (TPSA) is 54.3 Å². The molecule has 4 nitrogen and oxygen atoms in total. The minimum Gasteiger partial charge on any atom is -0.469 e. The number of carbonyl (C=O) groups excluding carboxylic acids is 1. The van der Waals surface area contributed by atoms with Crippen molar-refractivity contribution in [2.75, 3.05) is 13.1 Å². The van der Waals surface area contributed by atoms with Gasteiger partial charge in [0.05, 0.1) is 18.8 Å². The highest BCUT2D eigenvalue weighted by Crippen LogP contribution is 1.99. The van der Waals surface area contributed by atoms with Gasteiger partial charge in [-0.15, -0.1) is 6.42 Å². The van der Waals surface area contributed by atoms with E-state index in [0.717, 1.165) is 12.2 Å². The van der Waals surface area contributed by atoms with Crippen LogP contribution in [0.5, 0.6) is 0 Å². The zero-order valence-corrected chi connectivity index (χ0v) is 9.32. The Hall–Kier alpha value is -1.73. The Labute approximate surface area is 95.4 Å². The molecule has 1 unspecified atom stereocenters. The van der Waals surface area contributed by atoms with E-state index in [0.29, 0.717) is 6.54 Å². The summed E-state index contributed by atoms with van der Waals surface area (Å²) >= 11 is 0. The lowest BCUT2D eigenvalue weighted by Crippen LogP contribution is -2.42.